The number of methoxy groups -OCH3 is 1. The summed E-state index contributed by atoms with van der Waals surface area (Å²) in [6.07, 6.45) is 1.31. The smallest absolute Gasteiger partial charge is 0.161 e. The predicted molar refractivity (Wildman–Crippen MR) is 81.6 cm³/mol. The van der Waals surface area contributed by atoms with Crippen molar-refractivity contribution in [3.8, 4) is 11.5 Å². The molecule has 4 heteroatoms. The van der Waals surface area contributed by atoms with Gasteiger partial charge >= 0.3 is 0 Å². The SMILES string of the molecule is CCN1CCC(CNCCOc2ccccc2OC)C1. The van der Waals surface area contributed by atoms with E-state index < -0.39 is 0 Å². The van der Waals surface area contributed by atoms with E-state index in [-0.39, 0.29) is 0 Å². The minimum absolute atomic E-state index is 0.671. The Morgan fingerprint density at radius 1 is 1.30 bits per heavy atom. The van der Waals surface area contributed by atoms with Crippen LogP contribution in [0.15, 0.2) is 24.3 Å². The van der Waals surface area contributed by atoms with Crippen molar-refractivity contribution in [3.63, 3.8) is 0 Å². The first kappa shape index (κ1) is 15.1. The van der Waals surface area contributed by atoms with Gasteiger partial charge in [0.25, 0.3) is 0 Å². The molecule has 0 saturated carbocycles. The molecular weight excluding hydrogens is 252 g/mol. The van der Waals surface area contributed by atoms with Gasteiger partial charge in [0, 0.05) is 13.1 Å². The lowest BCUT2D eigenvalue weighted by molar-refractivity contribution is 0.287. The molecule has 1 fully saturated rings. The Kier molecular flexibility index (Phi) is 6.15. The molecule has 0 aliphatic carbocycles. The van der Waals surface area contributed by atoms with Crippen molar-refractivity contribution in [1.82, 2.24) is 10.2 Å². The van der Waals surface area contributed by atoms with Gasteiger partial charge in [0.15, 0.2) is 11.5 Å². The Labute approximate surface area is 122 Å². The zero-order valence-corrected chi connectivity index (χ0v) is 12.6. The molecule has 1 aliphatic heterocycles. The molecule has 1 heterocycles. The molecule has 0 amide bonds. The van der Waals surface area contributed by atoms with Crippen molar-refractivity contribution >= 4 is 0 Å². The summed E-state index contributed by atoms with van der Waals surface area (Å²) in [7, 11) is 1.67. The number of nitrogens with zero attached hydrogens (tertiary/aromatic N) is 1. The summed E-state index contributed by atoms with van der Waals surface area (Å²) in [6, 6.07) is 7.77. The number of hydrogen-bond donors (Lipinski definition) is 1. The van der Waals surface area contributed by atoms with E-state index in [0.29, 0.717) is 6.61 Å². The Morgan fingerprint density at radius 3 is 2.80 bits per heavy atom. The maximum Gasteiger partial charge on any atom is 0.161 e. The third-order valence-corrected chi connectivity index (χ3v) is 3.86. The molecule has 1 N–H and O–H groups in total. The zero-order valence-electron chi connectivity index (χ0n) is 12.6. The highest BCUT2D eigenvalue weighted by Crippen LogP contribution is 2.25. The Bertz CT molecular complexity index is 398. The summed E-state index contributed by atoms with van der Waals surface area (Å²) >= 11 is 0. The van der Waals surface area contributed by atoms with Gasteiger partial charge in [-0.25, -0.2) is 0 Å². The van der Waals surface area contributed by atoms with Crippen LogP contribution in [0.1, 0.15) is 13.3 Å². The second-order valence-corrected chi connectivity index (χ2v) is 5.25. The average molecular weight is 278 g/mol. The van der Waals surface area contributed by atoms with E-state index in [1.165, 1.54) is 26.1 Å². The van der Waals surface area contributed by atoms with Gasteiger partial charge in [0.05, 0.1) is 7.11 Å². The topological polar surface area (TPSA) is 33.7 Å². The van der Waals surface area contributed by atoms with Crippen LogP contribution in [0.5, 0.6) is 11.5 Å². The van der Waals surface area contributed by atoms with Crippen LogP contribution < -0.4 is 14.8 Å². The van der Waals surface area contributed by atoms with Gasteiger partial charge in [-0.15, -0.1) is 0 Å². The molecule has 20 heavy (non-hydrogen) atoms. The van der Waals surface area contributed by atoms with Crippen LogP contribution in [0.3, 0.4) is 0 Å². The number of benzene rings is 1. The summed E-state index contributed by atoms with van der Waals surface area (Å²) in [5.41, 5.74) is 0. The lowest BCUT2D eigenvalue weighted by Gasteiger charge is -2.14. The zero-order chi connectivity index (χ0) is 14.2. The standard InChI is InChI=1S/C16H26N2O2/c1-3-18-10-8-14(13-18)12-17-9-11-20-16-7-5-4-6-15(16)19-2/h4-7,14,17H,3,8-13H2,1-2H3. The number of para-hydroxylation sites is 2. The molecule has 1 atom stereocenters. The molecule has 0 spiro atoms. The minimum Gasteiger partial charge on any atom is -0.493 e. The largest absolute Gasteiger partial charge is 0.493 e. The molecule has 2 rings (SSSR count). The summed E-state index contributed by atoms with van der Waals surface area (Å²) < 4.78 is 11.0. The predicted octanol–water partition coefficient (Wildman–Crippen LogP) is 2.01. The molecule has 1 unspecified atom stereocenters. The van der Waals surface area contributed by atoms with Gasteiger partial charge in [0.1, 0.15) is 6.61 Å². The fraction of sp³-hybridized carbons (Fsp3) is 0.625. The van der Waals surface area contributed by atoms with E-state index in [1.807, 2.05) is 24.3 Å². The molecule has 1 saturated heterocycles. The monoisotopic (exact) mass is 278 g/mol. The van der Waals surface area contributed by atoms with Crippen LogP contribution in [0.25, 0.3) is 0 Å². The number of ether oxygens (including phenoxy) is 2. The maximum absolute atomic E-state index is 5.74. The van der Waals surface area contributed by atoms with Crippen molar-refractivity contribution in [2.45, 2.75) is 13.3 Å². The highest BCUT2D eigenvalue weighted by Gasteiger charge is 2.20. The third-order valence-electron chi connectivity index (χ3n) is 3.86. The van der Waals surface area contributed by atoms with Gasteiger partial charge in [-0.3, -0.25) is 0 Å². The molecule has 1 aliphatic rings. The van der Waals surface area contributed by atoms with Crippen molar-refractivity contribution in [2.24, 2.45) is 5.92 Å². The van der Waals surface area contributed by atoms with Crippen molar-refractivity contribution < 1.29 is 9.47 Å². The number of nitrogens with one attached hydrogen (secondary N) is 1. The third kappa shape index (κ3) is 4.39. The Balaban J connectivity index is 1.60. The molecule has 1 aromatic rings. The molecule has 0 radical (unpaired) electrons. The summed E-state index contributed by atoms with van der Waals surface area (Å²) in [6.45, 7) is 8.53. The molecule has 1 aromatic carbocycles. The fourth-order valence-electron chi connectivity index (χ4n) is 2.64. The normalized spacial score (nSPS) is 19.2. The quantitative estimate of drug-likeness (QED) is 0.738. The summed E-state index contributed by atoms with van der Waals surface area (Å²) in [5, 5.41) is 3.49. The van der Waals surface area contributed by atoms with Crippen molar-refractivity contribution in [1.29, 1.82) is 0 Å². The van der Waals surface area contributed by atoms with Crippen LogP contribution in [0.2, 0.25) is 0 Å². The molecule has 112 valence electrons. The van der Waals surface area contributed by atoms with E-state index in [1.54, 1.807) is 7.11 Å². The first-order valence-corrected chi connectivity index (χ1v) is 7.52. The van der Waals surface area contributed by atoms with Crippen LogP contribution in [-0.2, 0) is 0 Å². The van der Waals surface area contributed by atoms with E-state index in [2.05, 4.69) is 17.1 Å². The minimum atomic E-state index is 0.671. The summed E-state index contributed by atoms with van der Waals surface area (Å²) in [4.78, 5) is 2.51. The van der Waals surface area contributed by atoms with Crippen LogP contribution >= 0.6 is 0 Å². The van der Waals surface area contributed by atoms with Gasteiger partial charge in [-0.2, -0.15) is 0 Å². The number of likely N-dealkylation sites (tertiary alicyclic amines) is 1. The first-order valence-electron chi connectivity index (χ1n) is 7.52. The fourth-order valence-corrected chi connectivity index (χ4v) is 2.64. The highest BCUT2D eigenvalue weighted by molar-refractivity contribution is 5.39. The van der Waals surface area contributed by atoms with E-state index >= 15 is 0 Å². The highest BCUT2D eigenvalue weighted by atomic mass is 16.5. The molecule has 0 bridgehead atoms. The van der Waals surface area contributed by atoms with E-state index in [0.717, 1.165) is 30.5 Å². The average Bonchev–Trinajstić information content (AvgIpc) is 2.95. The van der Waals surface area contributed by atoms with E-state index in [9.17, 15) is 0 Å². The maximum atomic E-state index is 5.74. The lowest BCUT2D eigenvalue weighted by atomic mass is 10.1. The van der Waals surface area contributed by atoms with Gasteiger partial charge in [-0.05, 0) is 44.1 Å². The van der Waals surface area contributed by atoms with Crippen molar-refractivity contribution in [3.05, 3.63) is 24.3 Å². The number of hydrogen-bond acceptors (Lipinski definition) is 4. The van der Waals surface area contributed by atoms with Crippen LogP contribution in [-0.4, -0.2) is 51.3 Å². The Hall–Kier alpha value is -1.26. The van der Waals surface area contributed by atoms with Gasteiger partial charge in [0.2, 0.25) is 0 Å². The Morgan fingerprint density at radius 2 is 2.10 bits per heavy atom. The molecular formula is C16H26N2O2. The van der Waals surface area contributed by atoms with E-state index in [4.69, 9.17) is 9.47 Å². The second kappa shape index (κ2) is 8.12. The number of rotatable bonds is 8. The van der Waals surface area contributed by atoms with Gasteiger partial charge in [-0.1, -0.05) is 19.1 Å². The molecule has 4 nitrogen and oxygen atoms in total. The van der Waals surface area contributed by atoms with Gasteiger partial charge < -0.3 is 19.7 Å². The first-order chi connectivity index (χ1) is 9.83. The van der Waals surface area contributed by atoms with Crippen LogP contribution in [0, 0.1) is 5.92 Å². The summed E-state index contributed by atoms with van der Waals surface area (Å²) in [5.74, 6) is 2.40. The van der Waals surface area contributed by atoms with Crippen molar-refractivity contribution in [2.75, 3.05) is 46.4 Å². The lowest BCUT2D eigenvalue weighted by Crippen LogP contribution is -2.29. The second-order valence-electron chi connectivity index (χ2n) is 5.25. The van der Waals surface area contributed by atoms with Crippen LogP contribution in [0.4, 0.5) is 0 Å². The molecule has 0 aromatic heterocycles.